The smallest absolute Gasteiger partial charge is 0.330 e. The van der Waals surface area contributed by atoms with Crippen molar-refractivity contribution in [1.82, 2.24) is 5.32 Å². The summed E-state index contributed by atoms with van der Waals surface area (Å²) in [5.41, 5.74) is 8.62. The standard InChI is InChI=1S/C31H30N4O5/c1-39-26-18-23(14-17-25(26)40-19-20-8-4-2-5-9-20)27(34-24-15-12-22(13-16-24)29(32)33)30(36)35-28(31(37)38)21-10-6-3-7-11-21/h2-18,27-28,34H,19H2,1H3,(H3,32,33)(H,35,36)(H,37,38)/t27-,28?/m1/s1. The minimum atomic E-state index is -1.26. The fourth-order valence-corrected chi connectivity index (χ4v) is 4.09. The molecule has 0 spiro atoms. The van der Waals surface area contributed by atoms with Crippen LogP contribution in [0.2, 0.25) is 0 Å². The van der Waals surface area contributed by atoms with Crippen LogP contribution >= 0.6 is 0 Å². The number of hydrogen-bond donors (Lipinski definition) is 5. The van der Waals surface area contributed by atoms with Crippen LogP contribution in [0.3, 0.4) is 0 Å². The van der Waals surface area contributed by atoms with Crippen LogP contribution in [0.1, 0.15) is 34.3 Å². The first-order valence-corrected chi connectivity index (χ1v) is 12.5. The summed E-state index contributed by atoms with van der Waals surface area (Å²) in [5.74, 6) is -0.923. The molecule has 0 radical (unpaired) electrons. The zero-order valence-electron chi connectivity index (χ0n) is 21.8. The molecule has 9 heteroatoms. The normalized spacial score (nSPS) is 12.0. The van der Waals surface area contributed by atoms with Gasteiger partial charge < -0.3 is 30.9 Å². The topological polar surface area (TPSA) is 147 Å². The summed E-state index contributed by atoms with van der Waals surface area (Å²) in [7, 11) is 1.51. The van der Waals surface area contributed by atoms with E-state index in [0.29, 0.717) is 40.5 Å². The lowest BCUT2D eigenvalue weighted by Crippen LogP contribution is -2.39. The Hall–Kier alpha value is -5.31. The van der Waals surface area contributed by atoms with Gasteiger partial charge >= 0.3 is 5.97 Å². The monoisotopic (exact) mass is 538 g/mol. The third-order valence-corrected chi connectivity index (χ3v) is 6.19. The number of anilines is 1. The van der Waals surface area contributed by atoms with E-state index in [0.717, 1.165) is 5.56 Å². The number of amidine groups is 1. The molecule has 0 bridgehead atoms. The predicted molar refractivity (Wildman–Crippen MR) is 153 cm³/mol. The number of ether oxygens (including phenoxy) is 2. The van der Waals surface area contributed by atoms with Crippen LogP contribution in [0.4, 0.5) is 5.69 Å². The zero-order valence-corrected chi connectivity index (χ0v) is 21.8. The largest absolute Gasteiger partial charge is 0.493 e. The predicted octanol–water partition coefficient (Wildman–Crippen LogP) is 4.65. The van der Waals surface area contributed by atoms with Crippen LogP contribution in [0.5, 0.6) is 11.5 Å². The molecule has 1 amide bonds. The first-order chi connectivity index (χ1) is 19.4. The third kappa shape index (κ3) is 6.96. The van der Waals surface area contributed by atoms with E-state index in [1.807, 2.05) is 30.3 Å². The minimum absolute atomic E-state index is 0.0798. The average molecular weight is 539 g/mol. The lowest BCUT2D eigenvalue weighted by molar-refractivity contribution is -0.142. The van der Waals surface area contributed by atoms with Gasteiger partial charge in [-0.15, -0.1) is 0 Å². The van der Waals surface area contributed by atoms with E-state index in [2.05, 4.69) is 10.6 Å². The second kappa shape index (κ2) is 13.0. The number of carbonyl (C=O) groups excluding carboxylic acids is 1. The summed E-state index contributed by atoms with van der Waals surface area (Å²) in [4.78, 5) is 25.7. The Labute approximate surface area is 232 Å². The molecule has 4 rings (SSSR count). The third-order valence-electron chi connectivity index (χ3n) is 6.19. The van der Waals surface area contributed by atoms with Crippen LogP contribution in [0.15, 0.2) is 103 Å². The van der Waals surface area contributed by atoms with Crippen LogP contribution in [-0.4, -0.2) is 29.9 Å². The second-order valence-electron chi connectivity index (χ2n) is 8.94. The lowest BCUT2D eigenvalue weighted by Gasteiger charge is -2.24. The van der Waals surface area contributed by atoms with Gasteiger partial charge in [0.15, 0.2) is 17.5 Å². The Morgan fingerprint density at radius 2 is 1.50 bits per heavy atom. The Kier molecular flexibility index (Phi) is 8.99. The quantitative estimate of drug-likeness (QED) is 0.130. The summed E-state index contributed by atoms with van der Waals surface area (Å²) in [5, 5.41) is 23.3. The second-order valence-corrected chi connectivity index (χ2v) is 8.94. The van der Waals surface area contributed by atoms with Crippen molar-refractivity contribution in [2.24, 2.45) is 5.73 Å². The number of rotatable bonds is 12. The Morgan fingerprint density at radius 3 is 2.10 bits per heavy atom. The van der Waals surface area contributed by atoms with Crippen LogP contribution in [-0.2, 0) is 16.2 Å². The van der Waals surface area contributed by atoms with Gasteiger partial charge in [0.25, 0.3) is 0 Å². The van der Waals surface area contributed by atoms with Crippen molar-refractivity contribution in [1.29, 1.82) is 5.41 Å². The Balaban J connectivity index is 1.64. The van der Waals surface area contributed by atoms with E-state index >= 15 is 0 Å². The molecule has 1 unspecified atom stereocenters. The molecule has 6 N–H and O–H groups in total. The van der Waals surface area contributed by atoms with Gasteiger partial charge in [-0.05, 0) is 53.1 Å². The number of carboxylic acids is 1. The molecule has 204 valence electrons. The van der Waals surface area contributed by atoms with E-state index in [-0.39, 0.29) is 5.84 Å². The summed E-state index contributed by atoms with van der Waals surface area (Å²) in [6.07, 6.45) is 0. The molecule has 0 aliphatic carbocycles. The van der Waals surface area contributed by atoms with E-state index in [9.17, 15) is 14.7 Å². The van der Waals surface area contributed by atoms with Gasteiger partial charge in [0, 0.05) is 11.3 Å². The van der Waals surface area contributed by atoms with Gasteiger partial charge in [0.05, 0.1) is 7.11 Å². The molecule has 4 aromatic rings. The maximum atomic E-state index is 13.6. The molecule has 0 saturated heterocycles. The van der Waals surface area contributed by atoms with Gasteiger partial charge in [-0.2, -0.15) is 0 Å². The number of aliphatic carboxylic acids is 1. The number of nitrogens with two attached hydrogens (primary N) is 1. The number of amides is 1. The molecule has 0 saturated carbocycles. The molecule has 9 nitrogen and oxygen atoms in total. The van der Waals surface area contributed by atoms with Crippen molar-refractivity contribution in [2.75, 3.05) is 12.4 Å². The maximum absolute atomic E-state index is 13.6. The summed E-state index contributed by atoms with van der Waals surface area (Å²) in [6.45, 7) is 0.332. The van der Waals surface area contributed by atoms with E-state index in [1.165, 1.54) is 7.11 Å². The van der Waals surface area contributed by atoms with Gasteiger partial charge in [0.2, 0.25) is 5.91 Å². The number of hydrogen-bond acceptors (Lipinski definition) is 6. The highest BCUT2D eigenvalue weighted by Crippen LogP contribution is 2.33. The highest BCUT2D eigenvalue weighted by molar-refractivity contribution is 5.95. The molecule has 0 aliphatic heterocycles. The molecule has 4 aromatic carbocycles. The number of carbonyl (C=O) groups is 2. The summed E-state index contributed by atoms with van der Waals surface area (Å²) < 4.78 is 11.5. The van der Waals surface area contributed by atoms with Crippen LogP contribution in [0.25, 0.3) is 0 Å². The fourth-order valence-electron chi connectivity index (χ4n) is 4.09. The van der Waals surface area contributed by atoms with Crippen molar-refractivity contribution in [3.63, 3.8) is 0 Å². The molecule has 0 aromatic heterocycles. The number of carboxylic acid groups (broad SMARTS) is 1. The van der Waals surface area contributed by atoms with Crippen molar-refractivity contribution in [2.45, 2.75) is 18.7 Å². The molecule has 40 heavy (non-hydrogen) atoms. The molecular formula is C31H30N4O5. The molecular weight excluding hydrogens is 508 g/mol. The van der Waals surface area contributed by atoms with Crippen molar-refractivity contribution in [3.8, 4) is 11.5 Å². The lowest BCUT2D eigenvalue weighted by atomic mass is 10.0. The summed E-state index contributed by atoms with van der Waals surface area (Å²) in [6, 6.07) is 27.7. The Bertz CT molecular complexity index is 1460. The Morgan fingerprint density at radius 1 is 0.850 bits per heavy atom. The fraction of sp³-hybridized carbons (Fsp3) is 0.129. The van der Waals surface area contributed by atoms with E-state index < -0.39 is 24.0 Å². The number of nitrogen functional groups attached to an aromatic ring is 1. The number of nitrogens with one attached hydrogen (secondary N) is 3. The average Bonchev–Trinajstić information content (AvgIpc) is 2.98. The van der Waals surface area contributed by atoms with Gasteiger partial charge in [0.1, 0.15) is 18.5 Å². The minimum Gasteiger partial charge on any atom is -0.493 e. The first kappa shape index (κ1) is 27.7. The zero-order chi connectivity index (χ0) is 28.5. The van der Waals surface area contributed by atoms with Crippen molar-refractivity contribution < 1.29 is 24.2 Å². The van der Waals surface area contributed by atoms with Gasteiger partial charge in [-0.25, -0.2) is 4.79 Å². The molecule has 0 fully saturated rings. The SMILES string of the molecule is COc1cc([C@@H](Nc2ccc(C(=N)N)cc2)C(=O)NC(C(=O)O)c2ccccc2)ccc1OCc1ccccc1. The number of methoxy groups -OCH3 is 1. The van der Waals surface area contributed by atoms with E-state index in [1.54, 1.807) is 72.8 Å². The molecule has 2 atom stereocenters. The van der Waals surface area contributed by atoms with Gasteiger partial charge in [-0.1, -0.05) is 66.7 Å². The van der Waals surface area contributed by atoms with Crippen molar-refractivity contribution in [3.05, 3.63) is 125 Å². The van der Waals surface area contributed by atoms with Crippen molar-refractivity contribution >= 4 is 23.4 Å². The molecule has 0 aliphatic rings. The van der Waals surface area contributed by atoms with Gasteiger partial charge in [-0.3, -0.25) is 10.2 Å². The highest BCUT2D eigenvalue weighted by atomic mass is 16.5. The van der Waals surface area contributed by atoms with Crippen LogP contribution < -0.4 is 25.8 Å². The molecule has 0 heterocycles. The van der Waals surface area contributed by atoms with E-state index in [4.69, 9.17) is 20.6 Å². The maximum Gasteiger partial charge on any atom is 0.330 e. The summed E-state index contributed by atoms with van der Waals surface area (Å²) >= 11 is 0. The first-order valence-electron chi connectivity index (χ1n) is 12.5. The number of benzene rings is 4. The highest BCUT2D eigenvalue weighted by Gasteiger charge is 2.28. The van der Waals surface area contributed by atoms with Crippen LogP contribution in [0, 0.1) is 5.41 Å².